The molecule has 6 nitrogen and oxygen atoms in total. The fraction of sp³-hybridized carbons (Fsp3) is 0.231. The summed E-state index contributed by atoms with van der Waals surface area (Å²) in [7, 11) is 0. The molecule has 5 aromatic rings. The Balaban J connectivity index is 1.35. The number of piperazine rings is 1. The number of nitrogens with zero attached hydrogens (tertiary/aromatic N) is 3. The first-order valence-corrected chi connectivity index (χ1v) is 15.7. The standard InChI is InChI=1S/C39H39N3O3/c1-3-45-39(44)33-21-19-30(20-22-33)26-35-28-40(27-31-13-7-4-8-14-31)23-24-41(35)38(43)36-25-29(2)42(34-17-11-6-12-18-34)37(36)32-15-9-5-10-16-32/h4-22,25,35H,3,23-24,26-28H2,1-2H3. The van der Waals surface area contributed by atoms with Gasteiger partial charge in [0, 0.05) is 43.6 Å². The van der Waals surface area contributed by atoms with Crippen molar-refractivity contribution in [3.8, 4) is 16.9 Å². The van der Waals surface area contributed by atoms with Crippen LogP contribution in [0, 0.1) is 6.92 Å². The zero-order chi connectivity index (χ0) is 31.2. The number of ether oxygens (including phenoxy) is 1. The van der Waals surface area contributed by atoms with Crippen LogP contribution in [-0.4, -0.2) is 58.5 Å². The molecule has 0 spiro atoms. The molecule has 1 saturated heterocycles. The minimum atomic E-state index is -0.320. The lowest BCUT2D eigenvalue weighted by atomic mass is 9.98. The van der Waals surface area contributed by atoms with E-state index in [4.69, 9.17) is 4.74 Å². The highest BCUT2D eigenvalue weighted by Crippen LogP contribution is 2.33. The number of aromatic nitrogens is 1. The molecule has 0 aliphatic carbocycles. The van der Waals surface area contributed by atoms with Gasteiger partial charge in [-0.05, 0) is 67.3 Å². The molecule has 1 aromatic heterocycles. The van der Waals surface area contributed by atoms with Gasteiger partial charge in [0.05, 0.1) is 23.4 Å². The van der Waals surface area contributed by atoms with E-state index in [1.807, 2.05) is 72.8 Å². The Morgan fingerprint density at radius 2 is 1.42 bits per heavy atom. The first-order chi connectivity index (χ1) is 22.0. The highest BCUT2D eigenvalue weighted by Gasteiger charge is 2.34. The molecule has 6 rings (SSSR count). The molecule has 0 N–H and O–H groups in total. The molecule has 228 valence electrons. The third-order valence-corrected chi connectivity index (χ3v) is 8.49. The van der Waals surface area contributed by atoms with Crippen molar-refractivity contribution in [1.29, 1.82) is 0 Å². The SMILES string of the molecule is CCOC(=O)c1ccc(CC2CN(Cc3ccccc3)CCN2C(=O)c2cc(C)n(-c3ccccc3)c2-c2ccccc2)cc1. The summed E-state index contributed by atoms with van der Waals surface area (Å²) >= 11 is 0. The zero-order valence-electron chi connectivity index (χ0n) is 25.9. The van der Waals surface area contributed by atoms with E-state index in [1.54, 1.807) is 6.92 Å². The molecule has 0 radical (unpaired) electrons. The average Bonchev–Trinajstić information content (AvgIpc) is 3.43. The van der Waals surface area contributed by atoms with E-state index in [9.17, 15) is 9.59 Å². The molecule has 1 unspecified atom stereocenters. The first-order valence-electron chi connectivity index (χ1n) is 15.7. The number of benzene rings is 4. The number of hydrogen-bond acceptors (Lipinski definition) is 4. The van der Waals surface area contributed by atoms with Crippen molar-refractivity contribution in [2.75, 3.05) is 26.2 Å². The molecule has 1 fully saturated rings. The van der Waals surface area contributed by atoms with Gasteiger partial charge in [-0.1, -0.05) is 91.0 Å². The summed E-state index contributed by atoms with van der Waals surface area (Å²) in [5, 5.41) is 0. The Bertz CT molecular complexity index is 1730. The van der Waals surface area contributed by atoms with Crippen LogP contribution in [0.2, 0.25) is 0 Å². The van der Waals surface area contributed by atoms with Gasteiger partial charge in [-0.2, -0.15) is 0 Å². The van der Waals surface area contributed by atoms with Crippen molar-refractivity contribution in [2.45, 2.75) is 32.9 Å². The maximum atomic E-state index is 14.7. The fourth-order valence-corrected chi connectivity index (χ4v) is 6.36. The Morgan fingerprint density at radius 1 is 0.778 bits per heavy atom. The lowest BCUT2D eigenvalue weighted by Crippen LogP contribution is -2.55. The van der Waals surface area contributed by atoms with Gasteiger partial charge in [0.2, 0.25) is 0 Å². The van der Waals surface area contributed by atoms with Gasteiger partial charge in [0.15, 0.2) is 0 Å². The summed E-state index contributed by atoms with van der Waals surface area (Å²) in [6.07, 6.45) is 0.680. The molecule has 6 heteroatoms. The number of rotatable bonds is 9. The van der Waals surface area contributed by atoms with Gasteiger partial charge < -0.3 is 14.2 Å². The smallest absolute Gasteiger partial charge is 0.338 e. The van der Waals surface area contributed by atoms with E-state index in [0.717, 1.165) is 47.8 Å². The van der Waals surface area contributed by atoms with Gasteiger partial charge in [0.1, 0.15) is 0 Å². The number of carbonyl (C=O) groups excluding carboxylic acids is 2. The second kappa shape index (κ2) is 13.8. The number of carbonyl (C=O) groups is 2. The van der Waals surface area contributed by atoms with Crippen LogP contribution in [-0.2, 0) is 17.7 Å². The minimum absolute atomic E-state index is 0.0409. The molecule has 1 aliphatic heterocycles. The molecule has 1 amide bonds. The summed E-state index contributed by atoms with van der Waals surface area (Å²) in [5.41, 5.74) is 7.54. The lowest BCUT2D eigenvalue weighted by molar-refractivity contribution is 0.0439. The van der Waals surface area contributed by atoms with E-state index < -0.39 is 0 Å². The van der Waals surface area contributed by atoms with Crippen molar-refractivity contribution >= 4 is 11.9 Å². The summed E-state index contributed by atoms with van der Waals surface area (Å²) in [6.45, 7) is 7.21. The topological polar surface area (TPSA) is 54.8 Å². The quantitative estimate of drug-likeness (QED) is 0.169. The maximum absolute atomic E-state index is 14.7. The number of para-hydroxylation sites is 1. The predicted octanol–water partition coefficient (Wildman–Crippen LogP) is 7.20. The van der Waals surface area contributed by atoms with E-state index in [-0.39, 0.29) is 17.9 Å². The molecule has 0 saturated carbocycles. The Hall–Kier alpha value is -4.94. The fourth-order valence-electron chi connectivity index (χ4n) is 6.36. The van der Waals surface area contributed by atoms with Crippen molar-refractivity contribution in [3.05, 3.63) is 149 Å². The van der Waals surface area contributed by atoms with Crippen LogP contribution in [0.5, 0.6) is 0 Å². The molecular weight excluding hydrogens is 558 g/mol. The second-order valence-corrected chi connectivity index (χ2v) is 11.6. The zero-order valence-corrected chi connectivity index (χ0v) is 25.9. The minimum Gasteiger partial charge on any atom is -0.462 e. The normalized spacial score (nSPS) is 15.2. The van der Waals surface area contributed by atoms with E-state index in [0.29, 0.717) is 30.7 Å². The summed E-state index contributed by atoms with van der Waals surface area (Å²) in [4.78, 5) is 31.5. The third-order valence-electron chi connectivity index (χ3n) is 8.49. The van der Waals surface area contributed by atoms with E-state index in [2.05, 4.69) is 69.8 Å². The largest absolute Gasteiger partial charge is 0.462 e. The highest BCUT2D eigenvalue weighted by atomic mass is 16.5. The number of hydrogen-bond donors (Lipinski definition) is 0. The first kappa shape index (κ1) is 30.1. The lowest BCUT2D eigenvalue weighted by Gasteiger charge is -2.42. The molecule has 1 aliphatic rings. The Labute approximate surface area is 265 Å². The molecule has 4 aromatic carbocycles. The van der Waals surface area contributed by atoms with Crippen LogP contribution in [0.4, 0.5) is 0 Å². The predicted molar refractivity (Wildman–Crippen MR) is 179 cm³/mol. The van der Waals surface area contributed by atoms with Crippen LogP contribution >= 0.6 is 0 Å². The Morgan fingerprint density at radius 3 is 2.09 bits per heavy atom. The van der Waals surface area contributed by atoms with Gasteiger partial charge in [0.25, 0.3) is 5.91 Å². The monoisotopic (exact) mass is 597 g/mol. The summed E-state index contributed by atoms with van der Waals surface area (Å²) in [6, 6.07) is 40.5. The average molecular weight is 598 g/mol. The molecule has 1 atom stereocenters. The van der Waals surface area contributed by atoms with Crippen molar-refractivity contribution in [3.63, 3.8) is 0 Å². The molecule has 0 bridgehead atoms. The van der Waals surface area contributed by atoms with Crippen molar-refractivity contribution in [1.82, 2.24) is 14.4 Å². The van der Waals surface area contributed by atoms with Crippen molar-refractivity contribution in [2.24, 2.45) is 0 Å². The van der Waals surface area contributed by atoms with Gasteiger partial charge in [-0.25, -0.2) is 4.79 Å². The van der Waals surface area contributed by atoms with Gasteiger partial charge >= 0.3 is 5.97 Å². The maximum Gasteiger partial charge on any atom is 0.338 e. The van der Waals surface area contributed by atoms with E-state index >= 15 is 0 Å². The van der Waals surface area contributed by atoms with Gasteiger partial charge in [-0.3, -0.25) is 9.69 Å². The van der Waals surface area contributed by atoms with Crippen LogP contribution in [0.1, 0.15) is 44.5 Å². The van der Waals surface area contributed by atoms with Gasteiger partial charge in [-0.15, -0.1) is 0 Å². The molecular formula is C39H39N3O3. The Kier molecular flexibility index (Phi) is 9.22. The molecule has 2 heterocycles. The number of esters is 1. The summed E-state index contributed by atoms with van der Waals surface area (Å²) in [5.74, 6) is -0.279. The van der Waals surface area contributed by atoms with E-state index in [1.165, 1.54) is 5.56 Å². The van der Waals surface area contributed by atoms with Crippen LogP contribution in [0.3, 0.4) is 0 Å². The second-order valence-electron chi connectivity index (χ2n) is 11.6. The van der Waals surface area contributed by atoms with Crippen molar-refractivity contribution < 1.29 is 14.3 Å². The summed E-state index contributed by atoms with van der Waals surface area (Å²) < 4.78 is 7.37. The van der Waals surface area contributed by atoms with Crippen LogP contribution in [0.25, 0.3) is 16.9 Å². The van der Waals surface area contributed by atoms with Crippen LogP contribution in [0.15, 0.2) is 121 Å². The van der Waals surface area contributed by atoms with Crippen LogP contribution < -0.4 is 0 Å². The molecule has 45 heavy (non-hydrogen) atoms. The third kappa shape index (κ3) is 6.76. The number of aryl methyl sites for hydroxylation is 1. The number of amides is 1. The highest BCUT2D eigenvalue weighted by molar-refractivity contribution is 6.01.